The largest absolute Gasteiger partial charge is 0.346 e. The Bertz CT molecular complexity index is 1120. The van der Waals surface area contributed by atoms with E-state index in [1.54, 1.807) is 16.7 Å². The normalized spacial score (nSPS) is 17.4. The van der Waals surface area contributed by atoms with E-state index in [0.717, 1.165) is 11.1 Å². The molecule has 0 radical (unpaired) electrons. The van der Waals surface area contributed by atoms with Crippen LogP contribution in [0.15, 0.2) is 65.5 Å². The first-order valence-corrected chi connectivity index (χ1v) is 10.9. The number of fused-ring (bicyclic) bond motifs is 1. The molecule has 146 valence electrons. The molecule has 7 nitrogen and oxygen atoms in total. The number of aromatic nitrogens is 3. The minimum Gasteiger partial charge on any atom is -0.276 e. The fourth-order valence-corrected chi connectivity index (χ4v) is 5.33. The zero-order valence-electron chi connectivity index (χ0n) is 15.6. The van der Waals surface area contributed by atoms with Gasteiger partial charge in [0.05, 0.1) is 5.75 Å². The van der Waals surface area contributed by atoms with Gasteiger partial charge in [-0.3, -0.25) is 4.57 Å². The van der Waals surface area contributed by atoms with Crippen LogP contribution in [0.1, 0.15) is 29.9 Å². The third-order valence-electron chi connectivity index (χ3n) is 4.99. The molecule has 8 heteroatoms. The van der Waals surface area contributed by atoms with Crippen LogP contribution in [-0.2, 0) is 28.9 Å². The second-order valence-corrected chi connectivity index (χ2v) is 8.70. The fourth-order valence-electron chi connectivity index (χ4n) is 3.65. The lowest BCUT2D eigenvalue weighted by atomic mass is 10.1. The number of sulfonamides is 1. The zero-order valence-corrected chi connectivity index (χ0v) is 16.4. The highest BCUT2D eigenvalue weighted by atomic mass is 32.2. The molecule has 0 bridgehead atoms. The number of hydrogen-bond acceptors (Lipinski definition) is 4. The summed E-state index contributed by atoms with van der Waals surface area (Å²) in [6.45, 7) is 2.82. The third kappa shape index (κ3) is 3.29. The molecule has 1 aliphatic rings. The topological polar surface area (TPSA) is 77.2 Å². The van der Waals surface area contributed by atoms with Crippen LogP contribution in [0.5, 0.6) is 0 Å². The van der Waals surface area contributed by atoms with E-state index in [-0.39, 0.29) is 18.0 Å². The number of hydrogen-bond donors (Lipinski definition) is 0. The third-order valence-corrected chi connectivity index (χ3v) is 6.80. The van der Waals surface area contributed by atoms with Gasteiger partial charge in [0.15, 0.2) is 5.82 Å². The molecule has 2 aromatic carbocycles. The highest BCUT2D eigenvalue weighted by Gasteiger charge is 2.39. The second kappa shape index (κ2) is 7.37. The molecule has 0 aliphatic carbocycles. The lowest BCUT2D eigenvalue weighted by Gasteiger charge is -2.34. The van der Waals surface area contributed by atoms with Gasteiger partial charge >= 0.3 is 5.69 Å². The van der Waals surface area contributed by atoms with Crippen molar-refractivity contribution in [3.63, 3.8) is 0 Å². The van der Waals surface area contributed by atoms with Crippen LogP contribution in [0.2, 0.25) is 0 Å². The predicted octanol–water partition coefficient (Wildman–Crippen LogP) is 2.00. The standard InChI is InChI=1S/C20H22N4O3S/c1-2-23-20(25)22-13-14-24(28(26,27)15-16-9-5-3-6-10-16)18(19(22)21-23)17-11-7-4-8-12-17/h3-12,18H,2,13-15H2,1H3. The maximum atomic E-state index is 13.3. The van der Waals surface area contributed by atoms with Gasteiger partial charge in [-0.25, -0.2) is 17.9 Å². The van der Waals surface area contributed by atoms with Crippen molar-refractivity contribution in [1.82, 2.24) is 18.7 Å². The van der Waals surface area contributed by atoms with Crippen LogP contribution in [-0.4, -0.2) is 33.6 Å². The van der Waals surface area contributed by atoms with Crippen LogP contribution in [0.3, 0.4) is 0 Å². The minimum atomic E-state index is -3.62. The first-order valence-electron chi connectivity index (χ1n) is 9.27. The summed E-state index contributed by atoms with van der Waals surface area (Å²) >= 11 is 0. The van der Waals surface area contributed by atoms with Gasteiger partial charge in [-0.1, -0.05) is 60.7 Å². The highest BCUT2D eigenvalue weighted by molar-refractivity contribution is 7.88. The van der Waals surface area contributed by atoms with Crippen molar-refractivity contribution >= 4 is 10.0 Å². The molecule has 4 rings (SSSR count). The SMILES string of the molecule is CCn1nc2n(c1=O)CCN(S(=O)(=O)Cc1ccccc1)C2c1ccccc1. The molecule has 1 aliphatic heterocycles. The van der Waals surface area contributed by atoms with E-state index in [4.69, 9.17) is 0 Å². The Morgan fingerprint density at radius 2 is 1.64 bits per heavy atom. The molecular formula is C20H22N4O3S. The summed E-state index contributed by atoms with van der Waals surface area (Å²) in [6.07, 6.45) is 0. The molecule has 0 fully saturated rings. The van der Waals surface area contributed by atoms with Gasteiger partial charge in [0.25, 0.3) is 0 Å². The molecule has 1 atom stereocenters. The van der Waals surface area contributed by atoms with Crippen molar-refractivity contribution in [3.05, 3.63) is 88.1 Å². The summed E-state index contributed by atoms with van der Waals surface area (Å²) in [7, 11) is -3.62. The minimum absolute atomic E-state index is 0.0874. The van der Waals surface area contributed by atoms with Gasteiger partial charge in [0, 0.05) is 19.6 Å². The van der Waals surface area contributed by atoms with Crippen molar-refractivity contribution in [2.24, 2.45) is 0 Å². The number of nitrogens with zero attached hydrogens (tertiary/aromatic N) is 4. The van der Waals surface area contributed by atoms with Crippen molar-refractivity contribution in [1.29, 1.82) is 0 Å². The Morgan fingerprint density at radius 1 is 1.00 bits per heavy atom. The number of benzene rings is 2. The van der Waals surface area contributed by atoms with E-state index in [9.17, 15) is 13.2 Å². The average Bonchev–Trinajstić information content (AvgIpc) is 3.04. The number of rotatable bonds is 5. The summed E-state index contributed by atoms with van der Waals surface area (Å²) in [5.74, 6) is 0.386. The summed E-state index contributed by atoms with van der Waals surface area (Å²) in [5, 5.41) is 4.46. The molecule has 2 heterocycles. The van der Waals surface area contributed by atoms with E-state index < -0.39 is 16.1 Å². The Hall–Kier alpha value is -2.71. The Kier molecular flexibility index (Phi) is 4.91. The number of aryl methyl sites for hydroxylation is 1. The molecule has 0 N–H and O–H groups in total. The van der Waals surface area contributed by atoms with Crippen LogP contribution in [0.25, 0.3) is 0 Å². The average molecular weight is 398 g/mol. The first-order chi connectivity index (χ1) is 13.5. The molecule has 0 saturated carbocycles. The Balaban J connectivity index is 1.81. The van der Waals surface area contributed by atoms with Gasteiger partial charge in [-0.15, -0.1) is 0 Å². The van der Waals surface area contributed by atoms with Crippen molar-refractivity contribution < 1.29 is 8.42 Å². The van der Waals surface area contributed by atoms with Crippen LogP contribution < -0.4 is 5.69 Å². The van der Waals surface area contributed by atoms with E-state index in [1.807, 2.05) is 55.5 Å². The smallest absolute Gasteiger partial charge is 0.276 e. The van der Waals surface area contributed by atoms with E-state index >= 15 is 0 Å². The quantitative estimate of drug-likeness (QED) is 0.659. The highest BCUT2D eigenvalue weighted by Crippen LogP contribution is 2.33. The lowest BCUT2D eigenvalue weighted by molar-refractivity contribution is 0.289. The summed E-state index contributed by atoms with van der Waals surface area (Å²) in [6, 6.07) is 17.9. The first kappa shape index (κ1) is 18.6. The Labute approximate surface area is 163 Å². The summed E-state index contributed by atoms with van der Waals surface area (Å²) in [5.41, 5.74) is 1.34. The van der Waals surface area contributed by atoms with Crippen LogP contribution in [0.4, 0.5) is 0 Å². The maximum Gasteiger partial charge on any atom is 0.346 e. The predicted molar refractivity (Wildman–Crippen MR) is 106 cm³/mol. The second-order valence-electron chi connectivity index (χ2n) is 6.77. The van der Waals surface area contributed by atoms with Crippen molar-refractivity contribution in [2.75, 3.05) is 6.54 Å². The molecule has 1 aromatic heterocycles. The molecule has 3 aromatic rings. The molecule has 0 saturated heterocycles. The fraction of sp³-hybridized carbons (Fsp3) is 0.300. The van der Waals surface area contributed by atoms with Crippen molar-refractivity contribution in [3.8, 4) is 0 Å². The molecular weight excluding hydrogens is 376 g/mol. The summed E-state index contributed by atoms with van der Waals surface area (Å²) < 4.78 is 31.1. The molecule has 28 heavy (non-hydrogen) atoms. The lowest BCUT2D eigenvalue weighted by Crippen LogP contribution is -2.45. The van der Waals surface area contributed by atoms with Gasteiger partial charge in [-0.2, -0.15) is 9.40 Å². The van der Waals surface area contributed by atoms with Gasteiger partial charge in [-0.05, 0) is 18.1 Å². The Morgan fingerprint density at radius 3 is 2.29 bits per heavy atom. The monoisotopic (exact) mass is 398 g/mol. The molecule has 0 spiro atoms. The molecule has 0 amide bonds. The van der Waals surface area contributed by atoms with E-state index in [1.165, 1.54) is 8.99 Å². The van der Waals surface area contributed by atoms with Crippen LogP contribution >= 0.6 is 0 Å². The van der Waals surface area contributed by atoms with Crippen molar-refractivity contribution in [2.45, 2.75) is 31.8 Å². The van der Waals surface area contributed by atoms with Gasteiger partial charge < -0.3 is 0 Å². The molecule has 1 unspecified atom stereocenters. The van der Waals surface area contributed by atoms with Crippen LogP contribution in [0, 0.1) is 0 Å². The van der Waals surface area contributed by atoms with E-state index in [2.05, 4.69) is 5.10 Å². The van der Waals surface area contributed by atoms with Gasteiger partial charge in [0.1, 0.15) is 6.04 Å². The van der Waals surface area contributed by atoms with E-state index in [0.29, 0.717) is 18.9 Å². The summed E-state index contributed by atoms with van der Waals surface area (Å²) in [4.78, 5) is 12.6. The van der Waals surface area contributed by atoms with Gasteiger partial charge in [0.2, 0.25) is 10.0 Å². The zero-order chi connectivity index (χ0) is 19.7. The maximum absolute atomic E-state index is 13.3.